The summed E-state index contributed by atoms with van der Waals surface area (Å²) in [7, 11) is -3.98. The average Bonchev–Trinajstić information content (AvgIpc) is 2.38. The zero-order valence-corrected chi connectivity index (χ0v) is 12.1. The van der Waals surface area contributed by atoms with Gasteiger partial charge in [-0.3, -0.25) is 4.79 Å². The summed E-state index contributed by atoms with van der Waals surface area (Å²) in [6.07, 6.45) is 0.744. The molecule has 0 aromatic heterocycles. The van der Waals surface area contributed by atoms with Gasteiger partial charge in [0.05, 0.1) is 16.6 Å². The molecule has 0 heterocycles. The van der Waals surface area contributed by atoms with E-state index in [-0.39, 0.29) is 10.6 Å². The number of nitrogens with two attached hydrogens (primary N) is 1. The molecule has 1 unspecified atom stereocenters. The summed E-state index contributed by atoms with van der Waals surface area (Å²) < 4.78 is 39.4. The fourth-order valence-corrected chi connectivity index (χ4v) is 2.64. The van der Waals surface area contributed by atoms with Gasteiger partial charge < -0.3 is 11.1 Å². The Morgan fingerprint density at radius 2 is 2.10 bits per heavy atom. The van der Waals surface area contributed by atoms with Crippen LogP contribution in [0.1, 0.15) is 20.3 Å². The van der Waals surface area contributed by atoms with Crippen LogP contribution in [0.15, 0.2) is 23.1 Å². The first kappa shape index (κ1) is 16.4. The van der Waals surface area contributed by atoms with Crippen LogP contribution in [0, 0.1) is 5.82 Å². The second-order valence-electron chi connectivity index (χ2n) is 4.32. The number of hydrogen-bond acceptors (Lipinski definition) is 4. The highest BCUT2D eigenvalue weighted by atomic mass is 32.2. The van der Waals surface area contributed by atoms with E-state index in [1.165, 1.54) is 13.0 Å². The van der Waals surface area contributed by atoms with Gasteiger partial charge in [-0.2, -0.15) is 4.72 Å². The van der Waals surface area contributed by atoms with Crippen LogP contribution in [0.4, 0.5) is 10.1 Å². The quantitative estimate of drug-likeness (QED) is 0.670. The van der Waals surface area contributed by atoms with Gasteiger partial charge in [0.2, 0.25) is 15.9 Å². The molecule has 0 aliphatic rings. The van der Waals surface area contributed by atoms with Crippen molar-refractivity contribution in [3.8, 4) is 0 Å². The number of carbonyl (C=O) groups excluding carboxylic acids is 1. The Labute approximate surface area is 117 Å². The van der Waals surface area contributed by atoms with Gasteiger partial charge in [0.15, 0.2) is 0 Å². The molecule has 0 saturated carbocycles. The smallest absolute Gasteiger partial charge is 0.241 e. The van der Waals surface area contributed by atoms with E-state index >= 15 is 0 Å². The van der Waals surface area contributed by atoms with Crippen molar-refractivity contribution >= 4 is 21.6 Å². The van der Waals surface area contributed by atoms with Gasteiger partial charge in [0.1, 0.15) is 5.82 Å². The lowest BCUT2D eigenvalue weighted by atomic mass is 10.3. The standard InChI is InChI=1S/C12H18FN3O3S/c1-3-6-15-12(17)8(2)16-20(18,19)9-4-5-11(14)10(13)7-9/h4-5,7-8,16H,3,6,14H2,1-2H3,(H,15,17). The van der Waals surface area contributed by atoms with E-state index in [2.05, 4.69) is 10.0 Å². The summed E-state index contributed by atoms with van der Waals surface area (Å²) in [6.45, 7) is 3.75. The van der Waals surface area contributed by atoms with Crippen molar-refractivity contribution in [2.24, 2.45) is 0 Å². The number of hydrogen-bond donors (Lipinski definition) is 3. The molecule has 0 aliphatic carbocycles. The molecule has 20 heavy (non-hydrogen) atoms. The molecule has 0 bridgehead atoms. The molecule has 1 aromatic carbocycles. The molecule has 8 heteroatoms. The van der Waals surface area contributed by atoms with E-state index in [0.29, 0.717) is 6.54 Å². The molecule has 0 radical (unpaired) electrons. The van der Waals surface area contributed by atoms with Gasteiger partial charge in [-0.05, 0) is 31.5 Å². The zero-order valence-electron chi connectivity index (χ0n) is 11.3. The summed E-state index contributed by atoms with van der Waals surface area (Å²) in [6, 6.07) is 2.20. The van der Waals surface area contributed by atoms with Gasteiger partial charge >= 0.3 is 0 Å². The van der Waals surface area contributed by atoms with Crippen LogP contribution < -0.4 is 15.8 Å². The first-order chi connectivity index (χ1) is 9.27. The van der Waals surface area contributed by atoms with E-state index in [9.17, 15) is 17.6 Å². The minimum Gasteiger partial charge on any atom is -0.396 e. The number of rotatable bonds is 6. The summed E-state index contributed by atoms with van der Waals surface area (Å²) >= 11 is 0. The Balaban J connectivity index is 2.84. The molecular weight excluding hydrogens is 285 g/mol. The summed E-state index contributed by atoms with van der Waals surface area (Å²) in [5.74, 6) is -1.26. The molecule has 1 atom stereocenters. The summed E-state index contributed by atoms with van der Waals surface area (Å²) in [5, 5.41) is 2.57. The van der Waals surface area contributed by atoms with E-state index < -0.39 is 27.8 Å². The molecular formula is C12H18FN3O3S. The van der Waals surface area contributed by atoms with E-state index in [1.807, 2.05) is 6.92 Å². The van der Waals surface area contributed by atoms with Crippen LogP contribution in [-0.2, 0) is 14.8 Å². The normalized spacial score (nSPS) is 12.9. The Morgan fingerprint density at radius 1 is 1.45 bits per heavy atom. The van der Waals surface area contributed by atoms with Gasteiger partial charge in [-0.25, -0.2) is 12.8 Å². The highest BCUT2D eigenvalue weighted by molar-refractivity contribution is 7.89. The third-order valence-electron chi connectivity index (χ3n) is 2.56. The maximum absolute atomic E-state index is 13.3. The number of sulfonamides is 1. The van der Waals surface area contributed by atoms with Gasteiger partial charge in [0, 0.05) is 6.54 Å². The number of anilines is 1. The van der Waals surface area contributed by atoms with Crippen molar-refractivity contribution in [2.75, 3.05) is 12.3 Å². The first-order valence-electron chi connectivity index (χ1n) is 6.13. The lowest BCUT2D eigenvalue weighted by Gasteiger charge is -2.14. The van der Waals surface area contributed by atoms with Crippen LogP contribution >= 0.6 is 0 Å². The SMILES string of the molecule is CCCNC(=O)C(C)NS(=O)(=O)c1ccc(N)c(F)c1. The number of halogens is 1. The zero-order chi connectivity index (χ0) is 15.3. The topological polar surface area (TPSA) is 101 Å². The molecule has 0 saturated heterocycles. The number of carbonyl (C=O) groups is 1. The predicted octanol–water partition coefficient (Wildman–Crippen LogP) is 0.601. The minimum absolute atomic E-state index is 0.141. The third-order valence-corrected chi connectivity index (χ3v) is 4.10. The molecule has 4 N–H and O–H groups in total. The highest BCUT2D eigenvalue weighted by Gasteiger charge is 2.22. The Bertz CT molecular complexity index is 590. The number of benzene rings is 1. The fourth-order valence-electron chi connectivity index (χ4n) is 1.43. The van der Waals surface area contributed by atoms with Crippen LogP contribution in [0.3, 0.4) is 0 Å². The monoisotopic (exact) mass is 303 g/mol. The number of nitrogen functional groups attached to an aromatic ring is 1. The predicted molar refractivity (Wildman–Crippen MR) is 73.9 cm³/mol. The fraction of sp³-hybridized carbons (Fsp3) is 0.417. The average molecular weight is 303 g/mol. The lowest BCUT2D eigenvalue weighted by Crippen LogP contribution is -2.44. The molecule has 1 aromatic rings. The van der Waals surface area contributed by atoms with Crippen molar-refractivity contribution < 1.29 is 17.6 Å². The van der Waals surface area contributed by atoms with Gasteiger partial charge in [-0.1, -0.05) is 6.92 Å². The van der Waals surface area contributed by atoms with E-state index in [4.69, 9.17) is 5.73 Å². The van der Waals surface area contributed by atoms with Crippen LogP contribution in [-0.4, -0.2) is 26.9 Å². The van der Waals surface area contributed by atoms with Crippen LogP contribution in [0.5, 0.6) is 0 Å². The molecule has 1 rings (SSSR count). The van der Waals surface area contributed by atoms with Crippen molar-refractivity contribution in [2.45, 2.75) is 31.2 Å². The largest absolute Gasteiger partial charge is 0.396 e. The maximum Gasteiger partial charge on any atom is 0.241 e. The molecule has 0 fully saturated rings. The van der Waals surface area contributed by atoms with Crippen molar-refractivity contribution in [1.82, 2.24) is 10.0 Å². The third kappa shape index (κ3) is 4.17. The second-order valence-corrected chi connectivity index (χ2v) is 6.03. The Morgan fingerprint density at radius 3 is 2.65 bits per heavy atom. The Hall–Kier alpha value is -1.67. The molecule has 112 valence electrons. The van der Waals surface area contributed by atoms with Crippen LogP contribution in [0.2, 0.25) is 0 Å². The molecule has 1 amide bonds. The van der Waals surface area contributed by atoms with Gasteiger partial charge in [0.25, 0.3) is 0 Å². The second kappa shape index (κ2) is 6.67. The summed E-state index contributed by atoms with van der Waals surface area (Å²) in [5.41, 5.74) is 5.14. The van der Waals surface area contributed by atoms with E-state index in [1.54, 1.807) is 0 Å². The summed E-state index contributed by atoms with van der Waals surface area (Å²) in [4.78, 5) is 11.3. The minimum atomic E-state index is -3.98. The number of nitrogens with one attached hydrogen (secondary N) is 2. The highest BCUT2D eigenvalue weighted by Crippen LogP contribution is 2.16. The lowest BCUT2D eigenvalue weighted by molar-refractivity contribution is -0.122. The molecule has 6 nitrogen and oxygen atoms in total. The van der Waals surface area contributed by atoms with Crippen molar-refractivity contribution in [3.63, 3.8) is 0 Å². The van der Waals surface area contributed by atoms with Crippen molar-refractivity contribution in [1.29, 1.82) is 0 Å². The Kier molecular flexibility index (Phi) is 5.46. The maximum atomic E-state index is 13.3. The number of amides is 1. The molecule has 0 aliphatic heterocycles. The van der Waals surface area contributed by atoms with Crippen molar-refractivity contribution in [3.05, 3.63) is 24.0 Å². The van der Waals surface area contributed by atoms with Crippen LogP contribution in [0.25, 0.3) is 0 Å². The van der Waals surface area contributed by atoms with Gasteiger partial charge in [-0.15, -0.1) is 0 Å². The molecule has 0 spiro atoms. The first-order valence-corrected chi connectivity index (χ1v) is 7.61. The van der Waals surface area contributed by atoms with E-state index in [0.717, 1.165) is 18.6 Å².